The fraction of sp³-hybridized carbons (Fsp3) is 0.600. The number of rotatable bonds is 1. The number of nitrogens with one attached hydrogen (secondary N) is 1. The van der Waals surface area contributed by atoms with E-state index in [0.29, 0.717) is 6.04 Å². The molecule has 1 saturated heterocycles. The van der Waals surface area contributed by atoms with E-state index < -0.39 is 0 Å². The summed E-state index contributed by atoms with van der Waals surface area (Å²) in [6.07, 6.45) is 0. The van der Waals surface area contributed by atoms with Crippen molar-refractivity contribution in [3.63, 3.8) is 0 Å². The van der Waals surface area contributed by atoms with Gasteiger partial charge in [-0.05, 0) is 36.1 Å². The molecule has 1 unspecified atom stereocenters. The van der Waals surface area contributed by atoms with Crippen molar-refractivity contribution in [2.75, 3.05) is 24.5 Å². The van der Waals surface area contributed by atoms with Gasteiger partial charge in [-0.2, -0.15) is 0 Å². The van der Waals surface area contributed by atoms with Crippen LogP contribution in [0.25, 0.3) is 0 Å². The molecule has 1 aromatic carbocycles. The van der Waals surface area contributed by atoms with Gasteiger partial charge < -0.3 is 10.2 Å². The van der Waals surface area contributed by atoms with Crippen molar-refractivity contribution in [2.45, 2.75) is 33.7 Å². The number of hydrogen-bond acceptors (Lipinski definition) is 2. The number of hydrogen-bond donors (Lipinski definition) is 1. The molecule has 0 amide bonds. The highest BCUT2D eigenvalue weighted by molar-refractivity contribution is 5.49. The second-order valence-electron chi connectivity index (χ2n) is 6.31. The summed E-state index contributed by atoms with van der Waals surface area (Å²) in [5, 5.41) is 3.55. The molecular weight excluding hydrogens is 227 g/mol. The molecule has 0 bridgehead atoms. The van der Waals surface area contributed by atoms with Gasteiger partial charge >= 0.3 is 0 Å². The first-order chi connectivity index (χ1) is 8.36. The molecule has 0 aliphatic carbocycles. The van der Waals surface area contributed by atoms with Gasteiger partial charge in [0.15, 0.2) is 0 Å². The van der Waals surface area contributed by atoms with Crippen LogP contribution >= 0.6 is 0 Å². The number of aryl methyl sites for hydroxylation is 1. The Hall–Kier alpha value is -1.09. The monoisotopic (exact) mass is 250 g/mol. The van der Waals surface area contributed by atoms with Crippen LogP contribution in [-0.2, 0) is 0 Å². The Morgan fingerprint density at radius 2 is 2.00 bits per heavy atom. The van der Waals surface area contributed by atoms with Crippen molar-refractivity contribution in [1.29, 1.82) is 0 Å². The first-order valence-electron chi connectivity index (χ1n) is 6.62. The van der Waals surface area contributed by atoms with Gasteiger partial charge in [-0.15, -0.1) is 0 Å². The Morgan fingerprint density at radius 3 is 2.61 bits per heavy atom. The topological polar surface area (TPSA) is 15.3 Å². The van der Waals surface area contributed by atoms with Crippen LogP contribution in [0.1, 0.15) is 26.3 Å². The smallest absolute Gasteiger partial charge is 0.125 e. The van der Waals surface area contributed by atoms with Crippen molar-refractivity contribution in [1.82, 2.24) is 5.32 Å². The van der Waals surface area contributed by atoms with Gasteiger partial charge in [-0.1, -0.05) is 20.8 Å². The molecule has 1 atom stereocenters. The van der Waals surface area contributed by atoms with Gasteiger partial charge in [0.25, 0.3) is 0 Å². The summed E-state index contributed by atoms with van der Waals surface area (Å²) in [7, 11) is 0. The standard InChI is InChI=1S/C15H23FN2/c1-11-7-12(16)9-13(8-11)18-6-5-17-14(10-18)15(2,3)4/h7-9,14,17H,5-6,10H2,1-4H3. The van der Waals surface area contributed by atoms with E-state index in [0.717, 1.165) is 30.9 Å². The van der Waals surface area contributed by atoms with E-state index in [1.165, 1.54) is 0 Å². The van der Waals surface area contributed by atoms with Crippen LogP contribution in [0, 0.1) is 18.2 Å². The number of nitrogens with zero attached hydrogens (tertiary/aromatic N) is 1. The zero-order chi connectivity index (χ0) is 13.3. The summed E-state index contributed by atoms with van der Waals surface area (Å²) in [6.45, 7) is 11.5. The average molecular weight is 250 g/mol. The summed E-state index contributed by atoms with van der Waals surface area (Å²) in [6, 6.07) is 5.72. The predicted octanol–water partition coefficient (Wildman–Crippen LogP) is 2.96. The molecule has 18 heavy (non-hydrogen) atoms. The van der Waals surface area contributed by atoms with Gasteiger partial charge in [0.2, 0.25) is 0 Å². The first kappa shape index (κ1) is 13.3. The summed E-state index contributed by atoms with van der Waals surface area (Å²) < 4.78 is 13.5. The Labute approximate surface area is 109 Å². The molecule has 2 rings (SSSR count). The maximum absolute atomic E-state index is 13.5. The summed E-state index contributed by atoms with van der Waals surface area (Å²) in [5.74, 6) is -0.143. The molecule has 1 aliphatic rings. The minimum absolute atomic E-state index is 0.143. The molecule has 1 aromatic rings. The third-order valence-electron chi connectivity index (χ3n) is 3.61. The lowest BCUT2D eigenvalue weighted by molar-refractivity contribution is 0.254. The fourth-order valence-corrected chi connectivity index (χ4v) is 2.46. The van der Waals surface area contributed by atoms with Crippen molar-refractivity contribution in [3.05, 3.63) is 29.6 Å². The fourth-order valence-electron chi connectivity index (χ4n) is 2.46. The molecule has 1 aliphatic heterocycles. The third kappa shape index (κ3) is 3.02. The second-order valence-corrected chi connectivity index (χ2v) is 6.31. The molecule has 0 spiro atoms. The van der Waals surface area contributed by atoms with E-state index in [1.807, 2.05) is 6.92 Å². The quantitative estimate of drug-likeness (QED) is 0.824. The first-order valence-corrected chi connectivity index (χ1v) is 6.62. The zero-order valence-corrected chi connectivity index (χ0v) is 11.8. The number of anilines is 1. The second kappa shape index (κ2) is 4.88. The lowest BCUT2D eigenvalue weighted by Crippen LogP contribution is -2.56. The highest BCUT2D eigenvalue weighted by Gasteiger charge is 2.29. The third-order valence-corrected chi connectivity index (χ3v) is 3.61. The largest absolute Gasteiger partial charge is 0.369 e. The molecule has 0 saturated carbocycles. The zero-order valence-electron chi connectivity index (χ0n) is 11.8. The van der Waals surface area contributed by atoms with E-state index in [-0.39, 0.29) is 11.2 Å². The van der Waals surface area contributed by atoms with E-state index in [2.05, 4.69) is 37.1 Å². The Bertz CT molecular complexity index is 403. The molecule has 1 N–H and O–H groups in total. The van der Waals surface area contributed by atoms with Gasteiger partial charge in [0.05, 0.1) is 0 Å². The Balaban J connectivity index is 2.18. The van der Waals surface area contributed by atoms with Crippen LogP contribution in [-0.4, -0.2) is 25.7 Å². The maximum Gasteiger partial charge on any atom is 0.125 e. The van der Waals surface area contributed by atoms with Crippen LogP contribution in [0.5, 0.6) is 0 Å². The van der Waals surface area contributed by atoms with E-state index in [1.54, 1.807) is 12.1 Å². The highest BCUT2D eigenvalue weighted by atomic mass is 19.1. The number of benzene rings is 1. The summed E-state index contributed by atoms with van der Waals surface area (Å²) in [5.41, 5.74) is 2.21. The molecule has 1 fully saturated rings. The normalized spacial score (nSPS) is 21.2. The highest BCUT2D eigenvalue weighted by Crippen LogP contribution is 2.25. The number of piperazine rings is 1. The van der Waals surface area contributed by atoms with Crippen LogP contribution in [0.2, 0.25) is 0 Å². The van der Waals surface area contributed by atoms with Crippen molar-refractivity contribution < 1.29 is 4.39 Å². The maximum atomic E-state index is 13.5. The van der Waals surface area contributed by atoms with Gasteiger partial charge in [-0.25, -0.2) is 4.39 Å². The van der Waals surface area contributed by atoms with Crippen LogP contribution in [0.4, 0.5) is 10.1 Å². The lowest BCUT2D eigenvalue weighted by Gasteiger charge is -2.41. The van der Waals surface area contributed by atoms with Gasteiger partial charge in [0, 0.05) is 31.4 Å². The molecule has 1 heterocycles. The summed E-state index contributed by atoms with van der Waals surface area (Å²) in [4.78, 5) is 2.28. The lowest BCUT2D eigenvalue weighted by atomic mass is 9.85. The molecule has 0 aromatic heterocycles. The van der Waals surface area contributed by atoms with Crippen LogP contribution < -0.4 is 10.2 Å². The van der Waals surface area contributed by atoms with Crippen molar-refractivity contribution in [2.24, 2.45) is 5.41 Å². The number of halogens is 1. The van der Waals surface area contributed by atoms with E-state index >= 15 is 0 Å². The van der Waals surface area contributed by atoms with Gasteiger partial charge in [0.1, 0.15) is 5.82 Å². The minimum atomic E-state index is -0.143. The van der Waals surface area contributed by atoms with E-state index in [9.17, 15) is 4.39 Å². The van der Waals surface area contributed by atoms with Crippen LogP contribution in [0.15, 0.2) is 18.2 Å². The van der Waals surface area contributed by atoms with E-state index in [4.69, 9.17) is 0 Å². The average Bonchev–Trinajstić information content (AvgIpc) is 2.27. The predicted molar refractivity (Wildman–Crippen MR) is 74.6 cm³/mol. The van der Waals surface area contributed by atoms with Crippen molar-refractivity contribution in [3.8, 4) is 0 Å². The molecular formula is C15H23FN2. The minimum Gasteiger partial charge on any atom is -0.369 e. The Morgan fingerprint density at radius 1 is 1.28 bits per heavy atom. The molecule has 100 valence electrons. The molecule has 3 heteroatoms. The molecule has 0 radical (unpaired) electrons. The van der Waals surface area contributed by atoms with Crippen LogP contribution in [0.3, 0.4) is 0 Å². The van der Waals surface area contributed by atoms with Crippen molar-refractivity contribution >= 4 is 5.69 Å². The molecule has 2 nitrogen and oxygen atoms in total. The summed E-state index contributed by atoms with van der Waals surface area (Å²) >= 11 is 0. The Kier molecular flexibility index (Phi) is 3.62. The SMILES string of the molecule is Cc1cc(F)cc(N2CCNC(C(C)(C)C)C2)c1. The van der Waals surface area contributed by atoms with Gasteiger partial charge in [-0.3, -0.25) is 0 Å².